The molecule has 2 aromatic carbocycles. The van der Waals surface area contributed by atoms with Gasteiger partial charge in [0.05, 0.1) is 25.2 Å². The van der Waals surface area contributed by atoms with Crippen molar-refractivity contribution in [1.82, 2.24) is 0 Å². The van der Waals surface area contributed by atoms with E-state index in [1.165, 1.54) is 6.07 Å². The zero-order valence-electron chi connectivity index (χ0n) is 15.5. The number of nitro benzene ring substituents is 1. The van der Waals surface area contributed by atoms with Gasteiger partial charge in [0.1, 0.15) is 17.6 Å². The molecule has 0 aromatic heterocycles. The van der Waals surface area contributed by atoms with Gasteiger partial charge < -0.3 is 14.2 Å². The second-order valence-electron chi connectivity index (χ2n) is 7.10. The molecule has 0 bridgehead atoms. The van der Waals surface area contributed by atoms with Crippen LogP contribution in [-0.4, -0.2) is 25.2 Å². The predicted octanol–water partition coefficient (Wildman–Crippen LogP) is 4.76. The van der Waals surface area contributed by atoms with E-state index < -0.39 is 6.10 Å². The van der Waals surface area contributed by atoms with Crippen molar-refractivity contribution in [2.45, 2.75) is 43.8 Å². The van der Waals surface area contributed by atoms with Gasteiger partial charge in [-0.3, -0.25) is 10.1 Å². The van der Waals surface area contributed by atoms with Gasteiger partial charge in [0.15, 0.2) is 0 Å². The van der Waals surface area contributed by atoms with Crippen LogP contribution in [0.15, 0.2) is 36.4 Å². The number of nitro groups is 1. The largest absolute Gasteiger partial charge is 0.496 e. The highest BCUT2D eigenvalue weighted by Gasteiger charge is 2.41. The summed E-state index contributed by atoms with van der Waals surface area (Å²) in [6, 6.07) is 10.5. The number of ether oxygens (including phenoxy) is 3. The number of non-ortho nitro benzene ring substituents is 1. The van der Waals surface area contributed by atoms with E-state index in [1.807, 2.05) is 18.2 Å². The third kappa shape index (κ3) is 3.04. The number of benzene rings is 2. The molecular formula is C21H23NO5. The first-order valence-corrected chi connectivity index (χ1v) is 9.28. The second-order valence-corrected chi connectivity index (χ2v) is 7.10. The van der Waals surface area contributed by atoms with Gasteiger partial charge in [-0.05, 0) is 30.5 Å². The maximum Gasteiger partial charge on any atom is 0.269 e. The number of rotatable bonds is 4. The lowest BCUT2D eigenvalue weighted by Gasteiger charge is -2.42. The zero-order valence-corrected chi connectivity index (χ0v) is 15.5. The van der Waals surface area contributed by atoms with Crippen molar-refractivity contribution in [3.63, 3.8) is 0 Å². The van der Waals surface area contributed by atoms with Crippen molar-refractivity contribution >= 4 is 5.69 Å². The fourth-order valence-electron chi connectivity index (χ4n) is 4.48. The van der Waals surface area contributed by atoms with Gasteiger partial charge in [-0.25, -0.2) is 0 Å². The van der Waals surface area contributed by atoms with E-state index in [0.29, 0.717) is 0 Å². The summed E-state index contributed by atoms with van der Waals surface area (Å²) in [5.74, 6) is 1.82. The quantitative estimate of drug-likeness (QED) is 0.574. The molecule has 1 aliphatic carbocycles. The topological polar surface area (TPSA) is 70.8 Å². The Kier molecular flexibility index (Phi) is 4.74. The number of hydrogen-bond acceptors (Lipinski definition) is 5. The second kappa shape index (κ2) is 7.19. The first-order chi connectivity index (χ1) is 13.1. The molecule has 4 rings (SSSR count). The molecule has 1 saturated carbocycles. The zero-order chi connectivity index (χ0) is 19.0. The smallest absolute Gasteiger partial charge is 0.269 e. The van der Waals surface area contributed by atoms with Crippen LogP contribution in [0.1, 0.15) is 54.4 Å². The summed E-state index contributed by atoms with van der Waals surface area (Å²) in [4.78, 5) is 10.9. The minimum absolute atomic E-state index is 0.0604. The molecule has 0 N–H and O–H groups in total. The van der Waals surface area contributed by atoms with E-state index in [9.17, 15) is 10.1 Å². The van der Waals surface area contributed by atoms with E-state index in [4.69, 9.17) is 14.2 Å². The normalized spacial score (nSPS) is 23.9. The van der Waals surface area contributed by atoms with Gasteiger partial charge >= 0.3 is 0 Å². The van der Waals surface area contributed by atoms with E-state index in [1.54, 1.807) is 26.4 Å². The van der Waals surface area contributed by atoms with Crippen LogP contribution in [0.3, 0.4) is 0 Å². The Morgan fingerprint density at radius 1 is 1.04 bits per heavy atom. The fourth-order valence-corrected chi connectivity index (χ4v) is 4.48. The van der Waals surface area contributed by atoms with Crippen LogP contribution >= 0.6 is 0 Å². The SMILES string of the molecule is COc1ccc(OC)c2c1[C@@H](c1cccc([N+](=O)[O-])c1)O[C@@H]1CCCC[C@H]21. The summed E-state index contributed by atoms with van der Waals surface area (Å²) in [5, 5.41) is 11.3. The standard InChI is InChI=1S/C21H23NO5/c1-25-17-10-11-18(26-2)20-19(17)15-8-3-4-9-16(15)27-21(20)13-6-5-7-14(12-13)22(23)24/h5-7,10-12,15-16,21H,3-4,8-9H2,1-2H3/t15-,16+,21+/m0/s1. The summed E-state index contributed by atoms with van der Waals surface area (Å²) >= 11 is 0. The Morgan fingerprint density at radius 2 is 1.74 bits per heavy atom. The maximum absolute atomic E-state index is 11.3. The highest BCUT2D eigenvalue weighted by atomic mass is 16.6. The first kappa shape index (κ1) is 17.8. The summed E-state index contributed by atoms with van der Waals surface area (Å²) < 4.78 is 17.9. The fraction of sp³-hybridized carbons (Fsp3) is 0.429. The van der Waals surface area contributed by atoms with E-state index in [-0.39, 0.29) is 22.6 Å². The van der Waals surface area contributed by atoms with Crippen LogP contribution in [-0.2, 0) is 4.74 Å². The summed E-state index contributed by atoms with van der Waals surface area (Å²) in [7, 11) is 3.32. The lowest BCUT2D eigenvalue weighted by Crippen LogP contribution is -2.34. The van der Waals surface area contributed by atoms with Gasteiger partial charge in [0.2, 0.25) is 0 Å². The Morgan fingerprint density at radius 3 is 2.44 bits per heavy atom. The molecule has 1 fully saturated rings. The van der Waals surface area contributed by atoms with Gasteiger partial charge in [0, 0.05) is 29.2 Å². The van der Waals surface area contributed by atoms with Crippen LogP contribution in [0.5, 0.6) is 11.5 Å². The molecule has 1 aliphatic heterocycles. The molecule has 3 atom stereocenters. The average molecular weight is 369 g/mol. The molecule has 0 amide bonds. The lowest BCUT2D eigenvalue weighted by molar-refractivity contribution is -0.385. The van der Waals surface area contributed by atoms with Crippen LogP contribution in [0.4, 0.5) is 5.69 Å². The molecule has 0 spiro atoms. The van der Waals surface area contributed by atoms with Gasteiger partial charge in [-0.15, -0.1) is 0 Å². The van der Waals surface area contributed by atoms with Gasteiger partial charge in [0.25, 0.3) is 5.69 Å². The Bertz CT molecular complexity index is 866. The molecule has 0 radical (unpaired) electrons. The van der Waals surface area contributed by atoms with Crippen molar-refractivity contribution in [1.29, 1.82) is 0 Å². The van der Waals surface area contributed by atoms with Crippen molar-refractivity contribution in [3.8, 4) is 11.5 Å². The summed E-state index contributed by atoms with van der Waals surface area (Å²) in [5.41, 5.74) is 2.89. The van der Waals surface area contributed by atoms with Crippen LogP contribution < -0.4 is 9.47 Å². The van der Waals surface area contributed by atoms with Crippen molar-refractivity contribution in [2.75, 3.05) is 14.2 Å². The van der Waals surface area contributed by atoms with E-state index in [0.717, 1.165) is 53.9 Å². The Labute approximate surface area is 158 Å². The molecule has 27 heavy (non-hydrogen) atoms. The molecule has 1 heterocycles. The number of fused-ring (bicyclic) bond motifs is 3. The van der Waals surface area contributed by atoms with Crippen LogP contribution in [0.25, 0.3) is 0 Å². The van der Waals surface area contributed by atoms with E-state index in [2.05, 4.69) is 0 Å². The molecule has 6 nitrogen and oxygen atoms in total. The average Bonchev–Trinajstić information content (AvgIpc) is 2.72. The maximum atomic E-state index is 11.3. The molecule has 6 heteroatoms. The molecule has 2 aliphatic rings. The summed E-state index contributed by atoms with van der Waals surface area (Å²) in [6.07, 6.45) is 3.98. The molecular weight excluding hydrogens is 346 g/mol. The molecule has 0 saturated heterocycles. The van der Waals surface area contributed by atoms with Crippen LogP contribution in [0.2, 0.25) is 0 Å². The predicted molar refractivity (Wildman–Crippen MR) is 101 cm³/mol. The minimum atomic E-state index is -0.413. The first-order valence-electron chi connectivity index (χ1n) is 9.28. The van der Waals surface area contributed by atoms with Crippen molar-refractivity contribution in [3.05, 3.63) is 63.2 Å². The number of hydrogen-bond donors (Lipinski definition) is 0. The minimum Gasteiger partial charge on any atom is -0.496 e. The van der Waals surface area contributed by atoms with Crippen LogP contribution in [0, 0.1) is 10.1 Å². The summed E-state index contributed by atoms with van der Waals surface area (Å²) in [6.45, 7) is 0. The third-order valence-electron chi connectivity index (χ3n) is 5.68. The van der Waals surface area contributed by atoms with Gasteiger partial charge in [-0.2, -0.15) is 0 Å². The molecule has 2 aromatic rings. The Balaban J connectivity index is 1.91. The van der Waals surface area contributed by atoms with Gasteiger partial charge in [-0.1, -0.05) is 25.0 Å². The Hall–Kier alpha value is -2.60. The highest BCUT2D eigenvalue weighted by Crippen LogP contribution is 2.52. The molecule has 0 unspecified atom stereocenters. The van der Waals surface area contributed by atoms with E-state index >= 15 is 0 Å². The number of nitrogens with zero attached hydrogens (tertiary/aromatic N) is 1. The highest BCUT2D eigenvalue weighted by molar-refractivity contribution is 5.56. The van der Waals surface area contributed by atoms with Crippen molar-refractivity contribution in [2.24, 2.45) is 0 Å². The number of methoxy groups -OCH3 is 2. The lowest BCUT2D eigenvalue weighted by atomic mass is 9.75. The monoisotopic (exact) mass is 369 g/mol. The third-order valence-corrected chi connectivity index (χ3v) is 5.68. The molecule has 142 valence electrons. The van der Waals surface area contributed by atoms with Crippen molar-refractivity contribution < 1.29 is 19.1 Å².